The van der Waals surface area contributed by atoms with E-state index in [4.69, 9.17) is 4.74 Å². The van der Waals surface area contributed by atoms with Gasteiger partial charge in [0, 0.05) is 17.7 Å². The van der Waals surface area contributed by atoms with Crippen LogP contribution in [-0.2, 0) is 19.1 Å². The number of carbonyl (C=O) groups is 4. The van der Waals surface area contributed by atoms with Gasteiger partial charge in [0.25, 0.3) is 5.69 Å². The van der Waals surface area contributed by atoms with Gasteiger partial charge in [0.1, 0.15) is 6.54 Å². The summed E-state index contributed by atoms with van der Waals surface area (Å²) in [4.78, 5) is 61.2. The minimum absolute atomic E-state index is 0.0400. The summed E-state index contributed by atoms with van der Waals surface area (Å²) in [5.74, 6) is -1.85. The van der Waals surface area contributed by atoms with Gasteiger partial charge < -0.3 is 4.74 Å². The maximum Gasteiger partial charge on any atom is 0.326 e. The van der Waals surface area contributed by atoms with Crippen LogP contribution in [0.1, 0.15) is 16.8 Å². The third-order valence-corrected chi connectivity index (χ3v) is 6.78. The fourth-order valence-corrected chi connectivity index (χ4v) is 5.37. The molecule has 2 saturated carbocycles. The molecule has 0 unspecified atom stereocenters. The summed E-state index contributed by atoms with van der Waals surface area (Å²) in [5.41, 5.74) is -0.206. The lowest BCUT2D eigenvalue weighted by Gasteiger charge is -2.37. The second-order valence-electron chi connectivity index (χ2n) is 8.31. The van der Waals surface area contributed by atoms with Gasteiger partial charge >= 0.3 is 5.97 Å². The Kier molecular flexibility index (Phi) is 4.09. The zero-order chi connectivity index (χ0) is 21.2. The molecular formula is C21H18N2O7. The third kappa shape index (κ3) is 2.76. The molecule has 0 spiro atoms. The molecule has 30 heavy (non-hydrogen) atoms. The van der Waals surface area contributed by atoms with Crippen molar-refractivity contribution in [3.63, 3.8) is 0 Å². The Morgan fingerprint density at radius 3 is 2.33 bits per heavy atom. The number of ether oxygens (including phenoxy) is 1. The topological polar surface area (TPSA) is 124 Å². The Balaban J connectivity index is 1.21. The van der Waals surface area contributed by atoms with E-state index in [0.29, 0.717) is 11.8 Å². The molecule has 2 amide bonds. The smallest absolute Gasteiger partial charge is 0.326 e. The highest BCUT2D eigenvalue weighted by Crippen LogP contribution is 2.65. The van der Waals surface area contributed by atoms with Crippen LogP contribution in [0.4, 0.5) is 5.69 Å². The average molecular weight is 410 g/mol. The summed E-state index contributed by atoms with van der Waals surface area (Å²) in [6.45, 7) is -1.15. The first kappa shape index (κ1) is 18.7. The normalized spacial score (nSPS) is 32.6. The number of allylic oxidation sites excluding steroid dienone is 2. The molecule has 6 rings (SSSR count). The number of likely N-dealkylation sites (tertiary alicyclic amines) is 1. The lowest BCUT2D eigenvalue weighted by molar-refractivity contribution is -0.384. The Morgan fingerprint density at radius 1 is 1.10 bits per heavy atom. The average Bonchev–Trinajstić information content (AvgIpc) is 3.53. The van der Waals surface area contributed by atoms with E-state index < -0.39 is 41.7 Å². The highest BCUT2D eigenvalue weighted by molar-refractivity contribution is 6.08. The molecule has 9 heteroatoms. The number of hydrogen-bond acceptors (Lipinski definition) is 7. The predicted molar refractivity (Wildman–Crippen MR) is 99.8 cm³/mol. The molecule has 6 atom stereocenters. The summed E-state index contributed by atoms with van der Waals surface area (Å²) in [7, 11) is 0. The minimum atomic E-state index is -0.861. The number of rotatable bonds is 6. The number of imide groups is 1. The SMILES string of the molecule is O=C(CN1C(=O)[C@@H]2[C@@H]3C=C[C@H]([C@H]4C[C@H]34)[C@@H]2C1=O)OCC(=O)c1cccc([N+](=O)[O-])c1. The molecule has 1 heterocycles. The van der Waals surface area contributed by atoms with E-state index in [1.165, 1.54) is 18.2 Å². The van der Waals surface area contributed by atoms with Crippen molar-refractivity contribution in [3.05, 3.63) is 52.1 Å². The lowest BCUT2D eigenvalue weighted by atomic mass is 9.63. The number of ketones is 1. The molecule has 1 aromatic carbocycles. The molecule has 1 saturated heterocycles. The summed E-state index contributed by atoms with van der Waals surface area (Å²) in [5, 5.41) is 10.8. The predicted octanol–water partition coefficient (Wildman–Crippen LogP) is 1.37. The molecule has 9 nitrogen and oxygen atoms in total. The van der Waals surface area contributed by atoms with Gasteiger partial charge in [-0.3, -0.25) is 34.2 Å². The van der Waals surface area contributed by atoms with Crippen molar-refractivity contribution in [2.45, 2.75) is 6.42 Å². The molecule has 0 N–H and O–H groups in total. The van der Waals surface area contributed by atoms with E-state index in [0.717, 1.165) is 17.4 Å². The van der Waals surface area contributed by atoms with Crippen LogP contribution in [0.2, 0.25) is 0 Å². The number of nitro benzene ring substituents is 1. The number of benzene rings is 1. The molecule has 1 aromatic rings. The van der Waals surface area contributed by atoms with Crippen molar-refractivity contribution in [3.8, 4) is 0 Å². The molecule has 5 aliphatic rings. The van der Waals surface area contributed by atoms with Crippen molar-refractivity contribution >= 4 is 29.3 Å². The van der Waals surface area contributed by atoms with Crippen LogP contribution < -0.4 is 0 Å². The highest BCUT2D eigenvalue weighted by atomic mass is 16.6. The fraction of sp³-hybridized carbons (Fsp3) is 0.429. The number of nitro groups is 1. The van der Waals surface area contributed by atoms with Crippen LogP contribution in [0, 0.1) is 45.6 Å². The molecule has 4 aliphatic carbocycles. The molecule has 0 aromatic heterocycles. The maximum absolute atomic E-state index is 12.8. The Morgan fingerprint density at radius 2 is 1.73 bits per heavy atom. The van der Waals surface area contributed by atoms with Gasteiger partial charge in [0.2, 0.25) is 17.6 Å². The molecule has 154 valence electrons. The van der Waals surface area contributed by atoms with Gasteiger partial charge in [0.05, 0.1) is 16.8 Å². The summed E-state index contributed by atoms with van der Waals surface area (Å²) in [6, 6.07) is 5.10. The largest absolute Gasteiger partial charge is 0.456 e. The Hall–Kier alpha value is -3.36. The molecule has 0 radical (unpaired) electrons. The Labute approximate surface area is 170 Å². The number of hydrogen-bond donors (Lipinski definition) is 0. The van der Waals surface area contributed by atoms with E-state index >= 15 is 0 Å². The van der Waals surface area contributed by atoms with E-state index in [-0.39, 0.29) is 34.9 Å². The van der Waals surface area contributed by atoms with Crippen LogP contribution in [0.25, 0.3) is 0 Å². The van der Waals surface area contributed by atoms with Crippen LogP contribution in [0.15, 0.2) is 36.4 Å². The first-order valence-electron chi connectivity index (χ1n) is 9.83. The zero-order valence-electron chi connectivity index (χ0n) is 15.8. The second-order valence-corrected chi connectivity index (χ2v) is 8.31. The summed E-state index contributed by atoms with van der Waals surface area (Å²) in [6.07, 6.45) is 5.15. The van der Waals surface area contributed by atoms with Crippen LogP contribution >= 0.6 is 0 Å². The van der Waals surface area contributed by atoms with Gasteiger partial charge in [-0.1, -0.05) is 24.3 Å². The van der Waals surface area contributed by atoms with Crippen LogP contribution in [0.3, 0.4) is 0 Å². The third-order valence-electron chi connectivity index (χ3n) is 6.78. The van der Waals surface area contributed by atoms with E-state index in [1.807, 2.05) is 12.2 Å². The quantitative estimate of drug-likeness (QED) is 0.173. The van der Waals surface area contributed by atoms with Gasteiger partial charge in [-0.05, 0) is 30.1 Å². The number of amides is 2. The van der Waals surface area contributed by atoms with Gasteiger partial charge in [-0.2, -0.15) is 0 Å². The number of esters is 1. The monoisotopic (exact) mass is 410 g/mol. The van der Waals surface area contributed by atoms with Gasteiger partial charge in [0.15, 0.2) is 6.61 Å². The first-order chi connectivity index (χ1) is 14.4. The van der Waals surface area contributed by atoms with Crippen molar-refractivity contribution in [2.75, 3.05) is 13.2 Å². The zero-order valence-corrected chi connectivity index (χ0v) is 15.8. The van der Waals surface area contributed by atoms with E-state index in [9.17, 15) is 29.3 Å². The fourth-order valence-electron chi connectivity index (χ4n) is 5.37. The number of non-ortho nitro benzene ring substituents is 1. The highest BCUT2D eigenvalue weighted by Gasteiger charge is 2.67. The van der Waals surface area contributed by atoms with Gasteiger partial charge in [-0.15, -0.1) is 0 Å². The van der Waals surface area contributed by atoms with Crippen molar-refractivity contribution in [2.24, 2.45) is 35.5 Å². The van der Waals surface area contributed by atoms with E-state index in [2.05, 4.69) is 0 Å². The van der Waals surface area contributed by atoms with Crippen molar-refractivity contribution in [1.29, 1.82) is 0 Å². The van der Waals surface area contributed by atoms with Crippen LogP contribution in [0.5, 0.6) is 0 Å². The van der Waals surface area contributed by atoms with Crippen molar-refractivity contribution < 1.29 is 28.8 Å². The summed E-state index contributed by atoms with van der Waals surface area (Å²) >= 11 is 0. The Bertz CT molecular complexity index is 996. The maximum atomic E-state index is 12.8. The minimum Gasteiger partial charge on any atom is -0.456 e. The molecule has 3 fully saturated rings. The number of nitrogens with zero attached hydrogens (tertiary/aromatic N) is 2. The lowest BCUT2D eigenvalue weighted by Crippen LogP contribution is -2.40. The van der Waals surface area contributed by atoms with Crippen LogP contribution in [-0.4, -0.2) is 46.5 Å². The van der Waals surface area contributed by atoms with Crippen molar-refractivity contribution in [1.82, 2.24) is 4.90 Å². The molecule has 1 aliphatic heterocycles. The number of carbonyl (C=O) groups excluding carboxylic acids is 4. The number of Topliss-reactive ketones (excluding diaryl/α,β-unsaturated/α-hetero) is 1. The second kappa shape index (κ2) is 6.58. The molecule has 2 bridgehead atoms. The first-order valence-corrected chi connectivity index (χ1v) is 9.83. The standard InChI is InChI=1S/C21H18N2O7/c24-16(10-2-1-3-11(6-10)23(28)29)9-30-17(25)8-22-20(26)18-12-4-5-13(15-7-14(12)15)19(18)21(22)27/h1-6,12-15,18-19H,7-9H2/t12-,13-,14-,15-,18-,19+/m1/s1. The summed E-state index contributed by atoms with van der Waals surface area (Å²) < 4.78 is 4.95. The molecular weight excluding hydrogens is 392 g/mol. The van der Waals surface area contributed by atoms with Gasteiger partial charge in [-0.25, -0.2) is 0 Å². The van der Waals surface area contributed by atoms with E-state index in [1.54, 1.807) is 0 Å².